The minimum absolute atomic E-state index is 0.368. The summed E-state index contributed by atoms with van der Waals surface area (Å²) >= 11 is 0. The molecule has 126 valence electrons. The minimum Gasteiger partial charge on any atom is -0.448 e. The third-order valence-corrected chi connectivity index (χ3v) is 5.39. The van der Waals surface area contributed by atoms with Crippen molar-refractivity contribution in [2.24, 2.45) is 16.7 Å². The Morgan fingerprint density at radius 2 is 1.76 bits per heavy atom. The number of fused-ring (bicyclic) bond motifs is 3. The number of nitriles is 3. The van der Waals surface area contributed by atoms with Crippen LogP contribution in [0, 0.1) is 56.2 Å². The van der Waals surface area contributed by atoms with Crippen LogP contribution >= 0.6 is 0 Å². The summed E-state index contributed by atoms with van der Waals surface area (Å²) in [6.45, 7) is 3.59. The number of ether oxygens (including phenoxy) is 2. The fourth-order valence-electron chi connectivity index (χ4n) is 4.22. The summed E-state index contributed by atoms with van der Waals surface area (Å²) in [7, 11) is 0. The van der Waals surface area contributed by atoms with Crippen LogP contribution in [-0.4, -0.2) is 11.7 Å². The maximum Gasteiger partial charge on any atom is 0.215 e. The standard InChI is InChI=1S/C19H18N4O2/c1-3-7-14-17(2)24-15(13-8-5-4-6-9-13)19(12-22,16(23)25-17)18(14,10-20)11-21/h4-6,8-9,14-15,23H,3,7H2,1-2H3/t14-,15-,17+,19-/m0/s1. The van der Waals surface area contributed by atoms with Gasteiger partial charge in [-0.25, -0.2) is 0 Å². The van der Waals surface area contributed by atoms with Gasteiger partial charge in [-0.2, -0.15) is 15.8 Å². The van der Waals surface area contributed by atoms with E-state index in [1.54, 1.807) is 31.2 Å². The molecule has 25 heavy (non-hydrogen) atoms. The first-order valence-electron chi connectivity index (χ1n) is 8.20. The van der Waals surface area contributed by atoms with E-state index in [1.807, 2.05) is 13.0 Å². The second-order valence-corrected chi connectivity index (χ2v) is 6.65. The Labute approximate surface area is 146 Å². The van der Waals surface area contributed by atoms with Crippen molar-refractivity contribution in [1.82, 2.24) is 0 Å². The van der Waals surface area contributed by atoms with Crippen molar-refractivity contribution in [2.45, 2.75) is 38.6 Å². The number of hydrogen-bond acceptors (Lipinski definition) is 6. The fraction of sp³-hybridized carbons (Fsp3) is 0.474. The zero-order valence-corrected chi connectivity index (χ0v) is 14.1. The van der Waals surface area contributed by atoms with Gasteiger partial charge in [0.15, 0.2) is 10.8 Å². The van der Waals surface area contributed by atoms with Crippen molar-refractivity contribution in [2.75, 3.05) is 0 Å². The molecule has 3 aliphatic rings. The highest BCUT2D eigenvalue weighted by Gasteiger charge is 2.78. The van der Waals surface area contributed by atoms with Gasteiger partial charge in [0.2, 0.25) is 11.7 Å². The Hall–Kier alpha value is -2.88. The van der Waals surface area contributed by atoms with Crippen LogP contribution in [0.1, 0.15) is 38.4 Å². The van der Waals surface area contributed by atoms with Crippen LogP contribution in [0.15, 0.2) is 30.3 Å². The van der Waals surface area contributed by atoms with Crippen LogP contribution in [0.2, 0.25) is 0 Å². The molecular formula is C19H18N4O2. The van der Waals surface area contributed by atoms with Gasteiger partial charge in [0, 0.05) is 6.92 Å². The van der Waals surface area contributed by atoms with Gasteiger partial charge < -0.3 is 9.47 Å². The SMILES string of the molecule is CCC[C@@H]1C(C#N)(C#N)[C@]2(C#N)C(=N)O[C@@]1(C)O[C@H]2c1ccccc1. The molecule has 3 saturated heterocycles. The van der Waals surface area contributed by atoms with E-state index < -0.39 is 28.6 Å². The van der Waals surface area contributed by atoms with E-state index in [0.29, 0.717) is 18.4 Å². The lowest BCUT2D eigenvalue weighted by molar-refractivity contribution is -0.343. The van der Waals surface area contributed by atoms with Crippen LogP contribution < -0.4 is 0 Å². The van der Waals surface area contributed by atoms with Crippen molar-refractivity contribution in [1.29, 1.82) is 21.2 Å². The van der Waals surface area contributed by atoms with E-state index in [2.05, 4.69) is 18.2 Å². The molecule has 4 atom stereocenters. The second kappa shape index (κ2) is 5.59. The fourth-order valence-corrected chi connectivity index (χ4v) is 4.22. The molecule has 0 saturated carbocycles. The Morgan fingerprint density at radius 3 is 2.28 bits per heavy atom. The predicted octanol–water partition coefficient (Wildman–Crippen LogP) is 3.44. The monoisotopic (exact) mass is 334 g/mol. The molecule has 4 rings (SSSR count). The largest absolute Gasteiger partial charge is 0.448 e. The van der Waals surface area contributed by atoms with Crippen molar-refractivity contribution in [3.8, 4) is 18.2 Å². The summed E-state index contributed by atoms with van der Waals surface area (Å²) in [5, 5.41) is 38.5. The first-order valence-corrected chi connectivity index (χ1v) is 8.20. The van der Waals surface area contributed by atoms with Crippen LogP contribution in [0.3, 0.4) is 0 Å². The molecule has 3 heterocycles. The van der Waals surface area contributed by atoms with Gasteiger partial charge in [-0.05, 0) is 12.0 Å². The molecule has 0 spiro atoms. The van der Waals surface area contributed by atoms with E-state index in [9.17, 15) is 15.8 Å². The highest BCUT2D eigenvalue weighted by Crippen LogP contribution is 2.67. The third-order valence-electron chi connectivity index (χ3n) is 5.39. The molecular weight excluding hydrogens is 316 g/mol. The summed E-state index contributed by atoms with van der Waals surface area (Å²) in [6.07, 6.45) is 0.260. The molecule has 1 aromatic carbocycles. The first-order chi connectivity index (χ1) is 12.0. The molecule has 0 aromatic heterocycles. The zero-order valence-electron chi connectivity index (χ0n) is 14.1. The van der Waals surface area contributed by atoms with Gasteiger partial charge in [0.05, 0.1) is 24.1 Å². The molecule has 6 nitrogen and oxygen atoms in total. The van der Waals surface area contributed by atoms with Crippen molar-refractivity contribution in [3.05, 3.63) is 35.9 Å². The highest BCUT2D eigenvalue weighted by atomic mass is 16.7. The number of nitrogens with zero attached hydrogens (tertiary/aromatic N) is 3. The summed E-state index contributed by atoms with van der Waals surface area (Å²) in [5.41, 5.74) is -2.89. The molecule has 1 aromatic rings. The van der Waals surface area contributed by atoms with Gasteiger partial charge in [-0.3, -0.25) is 5.41 Å². The van der Waals surface area contributed by atoms with Gasteiger partial charge in [0.1, 0.15) is 6.10 Å². The van der Waals surface area contributed by atoms with Crippen molar-refractivity contribution in [3.63, 3.8) is 0 Å². The zero-order chi connectivity index (χ0) is 18.3. The van der Waals surface area contributed by atoms with Crippen LogP contribution in [0.4, 0.5) is 0 Å². The topological polar surface area (TPSA) is 114 Å². The smallest absolute Gasteiger partial charge is 0.215 e. The van der Waals surface area contributed by atoms with Crippen LogP contribution in [0.5, 0.6) is 0 Å². The lowest BCUT2D eigenvalue weighted by atomic mass is 9.50. The summed E-state index contributed by atoms with van der Waals surface area (Å²) in [4.78, 5) is 0. The number of benzene rings is 1. The van der Waals surface area contributed by atoms with Crippen LogP contribution in [0.25, 0.3) is 0 Å². The van der Waals surface area contributed by atoms with E-state index in [4.69, 9.17) is 14.9 Å². The molecule has 0 unspecified atom stereocenters. The summed E-state index contributed by atoms with van der Waals surface area (Å²) in [5.74, 6) is -2.31. The number of nitrogens with one attached hydrogen (secondary N) is 1. The Balaban J connectivity index is 2.33. The quantitative estimate of drug-likeness (QED) is 0.909. The second-order valence-electron chi connectivity index (χ2n) is 6.65. The van der Waals surface area contributed by atoms with Gasteiger partial charge >= 0.3 is 0 Å². The first kappa shape index (κ1) is 17.0. The van der Waals surface area contributed by atoms with E-state index >= 15 is 0 Å². The maximum atomic E-state index is 10.1. The van der Waals surface area contributed by atoms with Gasteiger partial charge in [-0.1, -0.05) is 43.7 Å². The third kappa shape index (κ3) is 1.88. The van der Waals surface area contributed by atoms with Crippen LogP contribution in [-0.2, 0) is 9.47 Å². The average Bonchev–Trinajstić information content (AvgIpc) is 2.63. The molecule has 3 aliphatic heterocycles. The number of hydrogen-bond donors (Lipinski definition) is 1. The molecule has 0 radical (unpaired) electrons. The molecule has 1 N–H and O–H groups in total. The molecule has 2 bridgehead atoms. The highest BCUT2D eigenvalue weighted by molar-refractivity contribution is 5.88. The average molecular weight is 334 g/mol. The number of rotatable bonds is 3. The van der Waals surface area contributed by atoms with Gasteiger partial charge in [-0.15, -0.1) is 0 Å². The van der Waals surface area contributed by atoms with Crippen molar-refractivity contribution < 1.29 is 9.47 Å². The minimum atomic E-state index is -1.81. The Kier molecular flexibility index (Phi) is 3.79. The lowest BCUT2D eigenvalue weighted by Crippen LogP contribution is -2.71. The molecule has 3 fully saturated rings. The maximum absolute atomic E-state index is 10.1. The molecule has 0 amide bonds. The summed E-state index contributed by atoms with van der Waals surface area (Å²) in [6, 6.07) is 15.2. The lowest BCUT2D eigenvalue weighted by Gasteiger charge is -2.61. The predicted molar refractivity (Wildman–Crippen MR) is 87.6 cm³/mol. The normalized spacial score (nSPS) is 35.1. The Bertz CT molecular complexity index is 818. The van der Waals surface area contributed by atoms with Crippen molar-refractivity contribution >= 4 is 5.90 Å². The molecule has 0 aliphatic carbocycles. The Morgan fingerprint density at radius 1 is 1.12 bits per heavy atom. The van der Waals surface area contributed by atoms with E-state index in [0.717, 1.165) is 0 Å². The summed E-state index contributed by atoms with van der Waals surface area (Å²) < 4.78 is 11.8. The van der Waals surface area contributed by atoms with E-state index in [1.165, 1.54) is 0 Å². The van der Waals surface area contributed by atoms with Gasteiger partial charge in [0.25, 0.3) is 0 Å². The van der Waals surface area contributed by atoms with E-state index in [-0.39, 0.29) is 5.90 Å². The molecule has 6 heteroatoms.